The first-order valence-corrected chi connectivity index (χ1v) is 7.80. The lowest BCUT2D eigenvalue weighted by molar-refractivity contribution is -0.137. The number of nitrogens with one attached hydrogen (secondary N) is 1. The van der Waals surface area contributed by atoms with E-state index < -0.39 is 17.6 Å². The highest BCUT2D eigenvalue weighted by atomic mass is 19.4. The Balaban J connectivity index is 1.91. The molecule has 0 saturated heterocycles. The number of hydrogen-bond donors (Lipinski definition) is 1. The van der Waals surface area contributed by atoms with Gasteiger partial charge < -0.3 is 9.73 Å². The molecule has 0 radical (unpaired) electrons. The third-order valence-corrected chi connectivity index (χ3v) is 4.06. The molecule has 130 valence electrons. The highest BCUT2D eigenvalue weighted by molar-refractivity contribution is 6.06. The predicted octanol–water partition coefficient (Wildman–Crippen LogP) is 5.57. The molecule has 1 N–H and O–H groups in total. The largest absolute Gasteiger partial charge is 0.451 e. The summed E-state index contributed by atoms with van der Waals surface area (Å²) in [4.78, 5) is 12.4. The summed E-state index contributed by atoms with van der Waals surface area (Å²) in [5.74, 6) is -0.480. The number of hydrogen-bond acceptors (Lipinski definition) is 2. The molecule has 1 heterocycles. The Morgan fingerprint density at radius 2 is 1.92 bits per heavy atom. The Labute approximate surface area is 142 Å². The second-order valence-corrected chi connectivity index (χ2v) is 5.77. The average molecular weight is 347 g/mol. The fourth-order valence-electron chi connectivity index (χ4n) is 2.67. The quantitative estimate of drug-likeness (QED) is 0.672. The van der Waals surface area contributed by atoms with Gasteiger partial charge in [-0.05, 0) is 49.2 Å². The van der Waals surface area contributed by atoms with Gasteiger partial charge >= 0.3 is 6.18 Å². The minimum Gasteiger partial charge on any atom is -0.451 e. The zero-order chi connectivity index (χ0) is 18.2. The Hall–Kier alpha value is -2.76. The molecule has 0 unspecified atom stereocenters. The maximum Gasteiger partial charge on any atom is 0.416 e. The van der Waals surface area contributed by atoms with Gasteiger partial charge in [0.2, 0.25) is 0 Å². The Bertz CT molecular complexity index is 941. The summed E-state index contributed by atoms with van der Waals surface area (Å²) in [6, 6.07) is 10.2. The molecule has 3 nitrogen and oxygen atoms in total. The van der Waals surface area contributed by atoms with E-state index in [-0.39, 0.29) is 11.4 Å². The van der Waals surface area contributed by atoms with E-state index in [1.165, 1.54) is 12.1 Å². The molecule has 3 aromatic rings. The summed E-state index contributed by atoms with van der Waals surface area (Å²) < 4.78 is 43.9. The topological polar surface area (TPSA) is 42.2 Å². The van der Waals surface area contributed by atoms with Gasteiger partial charge in [-0.15, -0.1) is 0 Å². The Morgan fingerprint density at radius 3 is 2.60 bits per heavy atom. The van der Waals surface area contributed by atoms with E-state index in [1.54, 1.807) is 13.0 Å². The summed E-state index contributed by atoms with van der Waals surface area (Å²) in [6.07, 6.45) is -3.61. The second-order valence-electron chi connectivity index (χ2n) is 5.77. The molecule has 0 atom stereocenters. The summed E-state index contributed by atoms with van der Waals surface area (Å²) in [5, 5.41) is 3.30. The molecule has 0 bridgehead atoms. The van der Waals surface area contributed by atoms with Gasteiger partial charge in [-0.1, -0.05) is 19.1 Å². The van der Waals surface area contributed by atoms with Crippen LogP contribution in [0.3, 0.4) is 0 Å². The normalized spacial score (nSPS) is 11.7. The van der Waals surface area contributed by atoms with Crippen molar-refractivity contribution in [2.75, 3.05) is 5.32 Å². The molecule has 0 saturated carbocycles. The Kier molecular flexibility index (Phi) is 4.29. The number of furan rings is 1. The van der Waals surface area contributed by atoms with E-state index in [2.05, 4.69) is 5.32 Å². The molecule has 2 aromatic carbocycles. The maximum atomic E-state index is 12.8. The number of rotatable bonds is 3. The maximum absolute atomic E-state index is 12.8. The van der Waals surface area contributed by atoms with Crippen LogP contribution in [0.5, 0.6) is 0 Å². The van der Waals surface area contributed by atoms with Gasteiger partial charge in [-0.25, -0.2) is 0 Å². The first-order valence-electron chi connectivity index (χ1n) is 7.80. The molecule has 0 spiro atoms. The van der Waals surface area contributed by atoms with Gasteiger partial charge in [0.15, 0.2) is 5.76 Å². The molecule has 25 heavy (non-hydrogen) atoms. The lowest BCUT2D eigenvalue weighted by Gasteiger charge is -2.09. The van der Waals surface area contributed by atoms with Crippen molar-refractivity contribution in [3.63, 3.8) is 0 Å². The molecule has 3 rings (SSSR count). The van der Waals surface area contributed by atoms with Crippen LogP contribution >= 0.6 is 0 Å². The molecular formula is C19H16F3NO2. The van der Waals surface area contributed by atoms with Crippen molar-refractivity contribution >= 4 is 22.6 Å². The zero-order valence-corrected chi connectivity index (χ0v) is 13.7. The molecule has 6 heteroatoms. The van der Waals surface area contributed by atoms with Crippen LogP contribution in [0.2, 0.25) is 0 Å². The third-order valence-electron chi connectivity index (χ3n) is 4.06. The fraction of sp³-hybridized carbons (Fsp3) is 0.211. The number of aryl methyl sites for hydroxylation is 2. The van der Waals surface area contributed by atoms with Crippen LogP contribution in [0.1, 0.15) is 34.2 Å². The molecule has 1 aromatic heterocycles. The van der Waals surface area contributed by atoms with Crippen LogP contribution in [0.15, 0.2) is 46.9 Å². The number of carbonyl (C=O) groups is 1. The van der Waals surface area contributed by atoms with Crippen molar-refractivity contribution in [2.45, 2.75) is 26.4 Å². The van der Waals surface area contributed by atoms with Gasteiger partial charge in [0.1, 0.15) is 5.58 Å². The van der Waals surface area contributed by atoms with Crippen LogP contribution < -0.4 is 5.32 Å². The number of alkyl halides is 3. The van der Waals surface area contributed by atoms with Crippen LogP contribution in [0.25, 0.3) is 11.0 Å². The van der Waals surface area contributed by atoms with E-state index in [0.717, 1.165) is 29.5 Å². The number of carbonyl (C=O) groups excluding carboxylic acids is 1. The molecule has 0 fully saturated rings. The molecule has 0 aliphatic carbocycles. The van der Waals surface area contributed by atoms with Crippen molar-refractivity contribution in [3.8, 4) is 0 Å². The predicted molar refractivity (Wildman–Crippen MR) is 89.7 cm³/mol. The second kappa shape index (κ2) is 6.27. The van der Waals surface area contributed by atoms with Crippen molar-refractivity contribution in [1.82, 2.24) is 0 Å². The van der Waals surface area contributed by atoms with Gasteiger partial charge in [-0.2, -0.15) is 13.2 Å². The minimum absolute atomic E-state index is 0.0638. The molecular weight excluding hydrogens is 331 g/mol. The minimum atomic E-state index is -4.47. The standard InChI is InChI=1S/C19H16F3NO2/c1-3-12-7-8-16-15(9-12)11(2)17(25-16)18(24)23-14-6-4-5-13(10-14)19(20,21)22/h4-10H,3H2,1-2H3,(H,23,24). The fourth-order valence-corrected chi connectivity index (χ4v) is 2.67. The van der Waals surface area contributed by atoms with E-state index in [0.29, 0.717) is 11.1 Å². The van der Waals surface area contributed by atoms with Crippen LogP contribution in [-0.2, 0) is 12.6 Å². The van der Waals surface area contributed by atoms with E-state index >= 15 is 0 Å². The monoisotopic (exact) mass is 347 g/mol. The number of anilines is 1. The summed E-state index contributed by atoms with van der Waals surface area (Å²) in [7, 11) is 0. The van der Waals surface area contributed by atoms with E-state index in [4.69, 9.17) is 4.42 Å². The molecule has 0 aliphatic heterocycles. The van der Waals surface area contributed by atoms with Gasteiger partial charge in [0.25, 0.3) is 5.91 Å². The highest BCUT2D eigenvalue weighted by Gasteiger charge is 2.30. The van der Waals surface area contributed by atoms with Gasteiger partial charge in [0, 0.05) is 16.6 Å². The average Bonchev–Trinajstić information content (AvgIpc) is 2.91. The summed E-state index contributed by atoms with van der Waals surface area (Å²) in [5.41, 5.74) is 1.59. The first-order chi connectivity index (χ1) is 11.8. The van der Waals surface area contributed by atoms with E-state index in [1.807, 2.05) is 19.1 Å². The highest BCUT2D eigenvalue weighted by Crippen LogP contribution is 2.31. The lowest BCUT2D eigenvalue weighted by Crippen LogP contribution is -2.13. The Morgan fingerprint density at radius 1 is 1.16 bits per heavy atom. The number of amides is 1. The number of benzene rings is 2. The van der Waals surface area contributed by atoms with Gasteiger partial charge in [-0.3, -0.25) is 4.79 Å². The van der Waals surface area contributed by atoms with Crippen molar-refractivity contribution in [3.05, 3.63) is 64.9 Å². The number of fused-ring (bicyclic) bond motifs is 1. The first kappa shape index (κ1) is 17.1. The number of halogens is 3. The zero-order valence-electron chi connectivity index (χ0n) is 13.7. The SMILES string of the molecule is CCc1ccc2oc(C(=O)Nc3cccc(C(F)(F)F)c3)c(C)c2c1. The smallest absolute Gasteiger partial charge is 0.416 e. The molecule has 1 amide bonds. The molecule has 0 aliphatic rings. The van der Waals surface area contributed by atoms with Crippen LogP contribution in [-0.4, -0.2) is 5.91 Å². The lowest BCUT2D eigenvalue weighted by atomic mass is 10.1. The van der Waals surface area contributed by atoms with Crippen molar-refractivity contribution in [2.24, 2.45) is 0 Å². The summed E-state index contributed by atoms with van der Waals surface area (Å²) in [6.45, 7) is 3.78. The van der Waals surface area contributed by atoms with E-state index in [9.17, 15) is 18.0 Å². The van der Waals surface area contributed by atoms with Crippen LogP contribution in [0, 0.1) is 6.92 Å². The van der Waals surface area contributed by atoms with Gasteiger partial charge in [0.05, 0.1) is 5.56 Å². The third kappa shape index (κ3) is 3.38. The van der Waals surface area contributed by atoms with Crippen LogP contribution in [0.4, 0.5) is 18.9 Å². The van der Waals surface area contributed by atoms with Crippen molar-refractivity contribution in [1.29, 1.82) is 0 Å². The summed E-state index contributed by atoms with van der Waals surface area (Å²) >= 11 is 0. The van der Waals surface area contributed by atoms with Crippen molar-refractivity contribution < 1.29 is 22.4 Å².